The predicted octanol–water partition coefficient (Wildman–Crippen LogP) is 17.6. The van der Waals surface area contributed by atoms with Gasteiger partial charge in [-0.05, 0) is 46.5 Å². The summed E-state index contributed by atoms with van der Waals surface area (Å²) in [6.45, 7) is 2.91. The molecular weight excluding hydrogens is 1100 g/mol. The van der Waals surface area contributed by atoms with E-state index in [9.17, 15) is 101 Å². The number of rotatable bonds is 1. The van der Waals surface area contributed by atoms with Crippen LogP contribution in [0.25, 0.3) is 22.3 Å². The average Bonchev–Trinajstić information content (AvgIpc) is 3.11. The van der Waals surface area contributed by atoms with Gasteiger partial charge in [0, 0.05) is 48.5 Å². The van der Waals surface area contributed by atoms with Crippen LogP contribution in [-0.4, -0.2) is 12.1 Å². The number of ether oxygens (including phenoxy) is 1. The Bertz CT molecular complexity index is 2490. The van der Waals surface area contributed by atoms with Crippen molar-refractivity contribution in [1.82, 2.24) is 4.98 Å². The Balaban J connectivity index is 0.000000377. The molecule has 7 aliphatic heterocycles. The van der Waals surface area contributed by atoms with Crippen molar-refractivity contribution >= 4 is 31.2 Å². The molecule has 34 heteroatoms. The second-order valence-electron chi connectivity index (χ2n) is 14.6. The normalized spacial score (nSPS) is 16.8. The number of benzene rings is 1. The molecule has 0 fully saturated rings. The maximum atomic E-state index is 9.87. The summed E-state index contributed by atoms with van der Waals surface area (Å²) in [5.41, 5.74) is 9.13. The van der Waals surface area contributed by atoms with Gasteiger partial charge in [0.05, 0.1) is 18.2 Å². The van der Waals surface area contributed by atoms with Crippen LogP contribution in [0.1, 0.15) is 22.5 Å². The molecule has 396 valence electrons. The van der Waals surface area contributed by atoms with E-state index in [0.717, 1.165) is 54.4 Å². The molecule has 70 heavy (non-hydrogen) atoms. The van der Waals surface area contributed by atoms with E-state index < -0.39 is 31.2 Å². The van der Waals surface area contributed by atoms with E-state index in [1.54, 1.807) is 7.11 Å². The molecule has 0 spiro atoms. The molecule has 12 heterocycles. The standard InChI is InChI=1S/C36H33N5O.4F6P/c1-42-36-32-4-2-5-33(36)25-39-18-10-29(11-19-39)31-14-22-41(23-15-31)27-35-7-3-6-34(37-35)26-40-20-12-30(13-21-40)28-8-16-38(24-32)17-9-28;4*1-7(2,3,4,5)6/h2-23H,24-27H2,1H3;;;;/q+4;4*-1. The Labute approximate surface area is 378 Å². The van der Waals surface area contributed by atoms with Crippen molar-refractivity contribution in [2.24, 2.45) is 0 Å². The predicted molar refractivity (Wildman–Crippen MR) is 212 cm³/mol. The monoisotopic (exact) mass is 1130 g/mol. The molecule has 12 bridgehead atoms. The van der Waals surface area contributed by atoms with E-state index in [-0.39, 0.29) is 0 Å². The number of halogens is 24. The summed E-state index contributed by atoms with van der Waals surface area (Å²) >= 11 is 0. The topological polar surface area (TPSA) is 37.6 Å². The number of pyridine rings is 5. The molecule has 7 aliphatic rings. The fourth-order valence-corrected chi connectivity index (χ4v) is 5.64. The van der Waals surface area contributed by atoms with Crippen LogP contribution in [0.4, 0.5) is 101 Å². The number of para-hydroxylation sites is 1. The third kappa shape index (κ3) is 33.4. The van der Waals surface area contributed by atoms with E-state index >= 15 is 0 Å². The molecule has 0 atom stereocenters. The molecule has 6 nitrogen and oxygen atoms in total. The van der Waals surface area contributed by atoms with E-state index in [2.05, 4.69) is 153 Å². The third-order valence-electron chi connectivity index (χ3n) is 7.87. The zero-order valence-corrected chi connectivity index (χ0v) is 38.1. The van der Waals surface area contributed by atoms with Crippen molar-refractivity contribution < 1.29 is 124 Å². The van der Waals surface area contributed by atoms with Crippen molar-refractivity contribution in [3.8, 4) is 28.0 Å². The van der Waals surface area contributed by atoms with Crippen LogP contribution in [0.15, 0.2) is 135 Å². The molecule has 0 radical (unpaired) electrons. The van der Waals surface area contributed by atoms with Gasteiger partial charge >= 0.3 is 132 Å². The van der Waals surface area contributed by atoms with Crippen LogP contribution in [-0.2, 0) is 26.2 Å². The Morgan fingerprint density at radius 3 is 0.743 bits per heavy atom. The van der Waals surface area contributed by atoms with Gasteiger partial charge < -0.3 is 4.74 Å². The molecule has 0 aliphatic carbocycles. The van der Waals surface area contributed by atoms with Gasteiger partial charge in [-0.25, -0.2) is 14.1 Å². The SMILES string of the molecule is COc1c2cccc1C[n+]1ccc(cc1)-c1cc[n+](cc1)Cc1cccc(n1)C[n+]1ccc(cc1)-c1cc[n+](cc1)C2.F[P-](F)(F)(F)(F)F.F[P-](F)(F)(F)(F)F.F[P-](F)(F)(F)(F)F.F[P-](F)(F)(F)(F)F. The zero-order chi connectivity index (χ0) is 53.9. The van der Waals surface area contributed by atoms with Gasteiger partial charge in [-0.3, -0.25) is 0 Å². The van der Waals surface area contributed by atoms with Crippen molar-refractivity contribution in [3.05, 3.63) is 157 Å². The van der Waals surface area contributed by atoms with E-state index in [0.29, 0.717) is 0 Å². The summed E-state index contributed by atoms with van der Waals surface area (Å²) < 4.78 is 251. The molecule has 0 amide bonds. The van der Waals surface area contributed by atoms with Crippen LogP contribution >= 0.6 is 31.2 Å². The number of methoxy groups -OCH3 is 1. The minimum atomic E-state index is -10.7. The molecule has 0 N–H and O–H groups in total. The van der Waals surface area contributed by atoms with Crippen LogP contribution in [0.3, 0.4) is 0 Å². The molecule has 13 rings (SSSR count). The Kier molecular flexibility index (Phi) is 14.3. The first-order valence-electron chi connectivity index (χ1n) is 18.3. The minimum absolute atomic E-state index is 0.724. The summed E-state index contributed by atoms with van der Waals surface area (Å²) in [5, 5.41) is 0. The van der Waals surface area contributed by atoms with Crippen LogP contribution in [0, 0.1) is 0 Å². The van der Waals surface area contributed by atoms with Gasteiger partial charge in [-0.15, -0.1) is 0 Å². The van der Waals surface area contributed by atoms with Gasteiger partial charge in [0.2, 0.25) is 0 Å². The first-order chi connectivity index (χ1) is 30.5. The van der Waals surface area contributed by atoms with Gasteiger partial charge in [-0.2, -0.15) is 9.13 Å². The summed E-state index contributed by atoms with van der Waals surface area (Å²) in [6.07, 6.45) is 17.1. The molecule has 6 aromatic rings. The zero-order valence-electron chi connectivity index (χ0n) is 34.5. The second kappa shape index (κ2) is 17.0. The van der Waals surface area contributed by atoms with Crippen molar-refractivity contribution in [3.63, 3.8) is 0 Å². The first kappa shape index (κ1) is 59.1. The first-order valence-corrected chi connectivity index (χ1v) is 26.4. The molecule has 0 saturated carbocycles. The van der Waals surface area contributed by atoms with Gasteiger partial charge in [0.1, 0.15) is 17.1 Å². The molecular formula is C36H33F24N5OP4. The summed E-state index contributed by atoms with van der Waals surface area (Å²) in [4.78, 5) is 4.94. The third-order valence-corrected chi connectivity index (χ3v) is 7.87. The van der Waals surface area contributed by atoms with Gasteiger partial charge in [-0.1, -0.05) is 12.1 Å². The number of nitrogens with zero attached hydrogens (tertiary/aromatic N) is 5. The Hall–Kier alpha value is -5.19. The van der Waals surface area contributed by atoms with Gasteiger partial charge in [0.25, 0.3) is 0 Å². The molecule has 1 aromatic carbocycles. The summed E-state index contributed by atoms with van der Waals surface area (Å²) in [7, 11) is -40.9. The fraction of sp³-hybridized carbons (Fsp3) is 0.139. The quantitative estimate of drug-likeness (QED) is 0.0933. The Morgan fingerprint density at radius 2 is 0.529 bits per heavy atom. The van der Waals surface area contributed by atoms with E-state index in [4.69, 9.17) is 9.72 Å². The van der Waals surface area contributed by atoms with Crippen molar-refractivity contribution in [1.29, 1.82) is 0 Å². The second-order valence-corrected chi connectivity index (χ2v) is 22.3. The average molecular weight is 1130 g/mol. The Morgan fingerprint density at radius 1 is 0.329 bits per heavy atom. The van der Waals surface area contributed by atoms with Crippen LogP contribution in [0.5, 0.6) is 5.75 Å². The molecule has 5 aromatic heterocycles. The molecule has 0 saturated heterocycles. The number of hydrogen-bond acceptors (Lipinski definition) is 2. The van der Waals surface area contributed by atoms with Crippen molar-refractivity contribution in [2.45, 2.75) is 26.2 Å². The summed E-state index contributed by atoms with van der Waals surface area (Å²) in [5.74, 6) is 0.937. The summed E-state index contributed by atoms with van der Waals surface area (Å²) in [6, 6.07) is 30.1. The number of aromatic nitrogens is 5. The van der Waals surface area contributed by atoms with Crippen molar-refractivity contribution in [2.75, 3.05) is 7.11 Å². The van der Waals surface area contributed by atoms with Crippen LogP contribution in [0.2, 0.25) is 0 Å². The fourth-order valence-electron chi connectivity index (χ4n) is 5.64. The van der Waals surface area contributed by atoms with E-state index in [1.165, 1.54) is 22.3 Å². The van der Waals surface area contributed by atoms with Gasteiger partial charge in [0.15, 0.2) is 75.8 Å². The number of hydrogen-bond donors (Lipinski definition) is 0. The maximum absolute atomic E-state index is 10.7. The molecule has 0 unspecified atom stereocenters. The van der Waals surface area contributed by atoms with Crippen LogP contribution < -0.4 is 23.0 Å². The van der Waals surface area contributed by atoms with E-state index in [1.807, 2.05) is 0 Å².